The molecule has 5 nitrogen and oxygen atoms in total. The molecule has 0 radical (unpaired) electrons. The first-order valence-electron chi connectivity index (χ1n) is 5.54. The zero-order valence-corrected chi connectivity index (χ0v) is 10.4. The average molecular weight is 245 g/mol. The Balaban J connectivity index is 2.04. The van der Waals surface area contributed by atoms with E-state index in [2.05, 4.69) is 9.97 Å². The van der Waals surface area contributed by atoms with E-state index in [1.807, 2.05) is 31.2 Å². The summed E-state index contributed by atoms with van der Waals surface area (Å²) in [6.07, 6.45) is 1.64. The van der Waals surface area contributed by atoms with Crippen molar-refractivity contribution < 1.29 is 9.47 Å². The second kappa shape index (κ2) is 5.35. The molecule has 0 aliphatic heterocycles. The number of nitrogens with two attached hydrogens (primary N) is 1. The van der Waals surface area contributed by atoms with Crippen LogP contribution in [0.3, 0.4) is 0 Å². The highest BCUT2D eigenvalue weighted by atomic mass is 16.5. The maximum atomic E-state index is 5.61. The van der Waals surface area contributed by atoms with E-state index < -0.39 is 0 Å². The third-order valence-corrected chi connectivity index (χ3v) is 2.48. The maximum absolute atomic E-state index is 5.61. The van der Waals surface area contributed by atoms with Crippen molar-refractivity contribution in [1.29, 1.82) is 0 Å². The van der Waals surface area contributed by atoms with Crippen LogP contribution >= 0.6 is 0 Å². The molecule has 1 heterocycles. The fourth-order valence-electron chi connectivity index (χ4n) is 1.46. The van der Waals surface area contributed by atoms with Crippen LogP contribution in [0.25, 0.3) is 0 Å². The molecule has 0 amide bonds. The number of aromatic nitrogens is 2. The topological polar surface area (TPSA) is 70.3 Å². The van der Waals surface area contributed by atoms with E-state index in [4.69, 9.17) is 15.2 Å². The highest BCUT2D eigenvalue weighted by Gasteiger charge is 2.03. The summed E-state index contributed by atoms with van der Waals surface area (Å²) < 4.78 is 10.7. The van der Waals surface area contributed by atoms with E-state index in [-0.39, 0.29) is 5.95 Å². The molecule has 0 bridgehead atoms. The van der Waals surface area contributed by atoms with Gasteiger partial charge in [0.25, 0.3) is 0 Å². The van der Waals surface area contributed by atoms with Gasteiger partial charge in [-0.1, -0.05) is 12.1 Å². The molecule has 0 spiro atoms. The van der Waals surface area contributed by atoms with Gasteiger partial charge in [0, 0.05) is 11.8 Å². The zero-order chi connectivity index (χ0) is 13.0. The lowest BCUT2D eigenvalue weighted by Gasteiger charge is -2.08. The quantitative estimate of drug-likeness (QED) is 0.891. The molecule has 0 aliphatic carbocycles. The first-order chi connectivity index (χ1) is 8.69. The fraction of sp³-hybridized carbons (Fsp3) is 0.231. The number of nitrogen functional groups attached to an aromatic ring is 1. The molecule has 1 aromatic heterocycles. The van der Waals surface area contributed by atoms with E-state index >= 15 is 0 Å². The SMILES string of the molecule is COc1ccc(COc2nc(N)ncc2C)cc1. The number of benzene rings is 1. The standard InChI is InChI=1S/C13H15N3O2/c1-9-7-15-13(14)16-12(9)18-8-10-3-5-11(17-2)6-4-10/h3-7H,8H2,1-2H3,(H2,14,15,16). The van der Waals surface area contributed by atoms with E-state index in [0.717, 1.165) is 16.9 Å². The minimum Gasteiger partial charge on any atom is -0.497 e. The van der Waals surface area contributed by atoms with Crippen LogP contribution in [0, 0.1) is 6.92 Å². The van der Waals surface area contributed by atoms with Gasteiger partial charge in [0.1, 0.15) is 12.4 Å². The van der Waals surface area contributed by atoms with Crippen LogP contribution in [0.1, 0.15) is 11.1 Å². The van der Waals surface area contributed by atoms with Crippen LogP contribution in [0.2, 0.25) is 0 Å². The van der Waals surface area contributed by atoms with Gasteiger partial charge in [0.15, 0.2) is 0 Å². The summed E-state index contributed by atoms with van der Waals surface area (Å²) in [4.78, 5) is 7.93. The Morgan fingerprint density at radius 2 is 1.94 bits per heavy atom. The molecule has 2 N–H and O–H groups in total. The van der Waals surface area contributed by atoms with Crippen LogP contribution in [0.4, 0.5) is 5.95 Å². The third-order valence-electron chi connectivity index (χ3n) is 2.48. The third kappa shape index (κ3) is 2.88. The Bertz CT molecular complexity index is 526. The van der Waals surface area contributed by atoms with E-state index in [1.54, 1.807) is 13.3 Å². The van der Waals surface area contributed by atoms with Crippen molar-refractivity contribution in [1.82, 2.24) is 9.97 Å². The predicted octanol–water partition coefficient (Wildman–Crippen LogP) is 1.95. The fourth-order valence-corrected chi connectivity index (χ4v) is 1.46. The normalized spacial score (nSPS) is 10.1. The van der Waals surface area contributed by atoms with E-state index in [1.165, 1.54) is 0 Å². The number of aryl methyl sites for hydroxylation is 1. The molecule has 94 valence electrons. The van der Waals surface area contributed by atoms with Gasteiger partial charge in [-0.2, -0.15) is 4.98 Å². The van der Waals surface area contributed by atoms with Crippen LogP contribution in [-0.2, 0) is 6.61 Å². The Morgan fingerprint density at radius 1 is 1.22 bits per heavy atom. The summed E-state index contributed by atoms with van der Waals surface area (Å²) in [5.41, 5.74) is 7.41. The maximum Gasteiger partial charge on any atom is 0.223 e. The van der Waals surface area contributed by atoms with Crippen molar-refractivity contribution in [2.75, 3.05) is 12.8 Å². The van der Waals surface area contributed by atoms with E-state index in [9.17, 15) is 0 Å². The lowest BCUT2D eigenvalue weighted by Crippen LogP contribution is -2.02. The largest absolute Gasteiger partial charge is 0.497 e. The molecule has 1 aromatic carbocycles. The van der Waals surface area contributed by atoms with Crippen molar-refractivity contribution in [2.24, 2.45) is 0 Å². The number of nitrogens with zero attached hydrogens (tertiary/aromatic N) is 2. The predicted molar refractivity (Wildman–Crippen MR) is 68.5 cm³/mol. The first kappa shape index (κ1) is 12.2. The number of hydrogen-bond donors (Lipinski definition) is 1. The monoisotopic (exact) mass is 245 g/mol. The van der Waals surface area contributed by atoms with Gasteiger partial charge >= 0.3 is 0 Å². The van der Waals surface area contributed by atoms with Crippen LogP contribution in [0.15, 0.2) is 30.5 Å². The molecule has 2 rings (SSSR count). The molecule has 0 saturated heterocycles. The highest BCUT2D eigenvalue weighted by Crippen LogP contribution is 2.17. The molecular formula is C13H15N3O2. The lowest BCUT2D eigenvalue weighted by atomic mass is 10.2. The number of rotatable bonds is 4. The summed E-state index contributed by atoms with van der Waals surface area (Å²) in [5, 5.41) is 0. The number of methoxy groups -OCH3 is 1. The van der Waals surface area contributed by atoms with Gasteiger partial charge in [-0.05, 0) is 24.6 Å². The van der Waals surface area contributed by atoms with E-state index in [0.29, 0.717) is 12.5 Å². The number of hydrogen-bond acceptors (Lipinski definition) is 5. The summed E-state index contributed by atoms with van der Waals surface area (Å²) in [5.74, 6) is 1.55. The number of ether oxygens (including phenoxy) is 2. The molecule has 0 saturated carbocycles. The van der Waals surface area contributed by atoms with Gasteiger partial charge in [-0.25, -0.2) is 4.98 Å². The van der Waals surface area contributed by atoms with Crippen molar-refractivity contribution in [2.45, 2.75) is 13.5 Å². The van der Waals surface area contributed by atoms with Gasteiger partial charge in [-0.15, -0.1) is 0 Å². The molecule has 0 fully saturated rings. The van der Waals surface area contributed by atoms with Gasteiger partial charge in [0.2, 0.25) is 11.8 Å². The summed E-state index contributed by atoms with van der Waals surface area (Å²) in [6.45, 7) is 2.31. The Hall–Kier alpha value is -2.30. The van der Waals surface area contributed by atoms with Crippen molar-refractivity contribution in [3.8, 4) is 11.6 Å². The van der Waals surface area contributed by atoms with Gasteiger partial charge in [-0.3, -0.25) is 0 Å². The van der Waals surface area contributed by atoms with Gasteiger partial charge in [0.05, 0.1) is 7.11 Å². The molecule has 2 aromatic rings. The minimum absolute atomic E-state index is 0.213. The summed E-state index contributed by atoms with van der Waals surface area (Å²) in [6, 6.07) is 7.66. The van der Waals surface area contributed by atoms with Crippen LogP contribution < -0.4 is 15.2 Å². The Kier molecular flexibility index (Phi) is 3.62. The van der Waals surface area contributed by atoms with Crippen LogP contribution in [-0.4, -0.2) is 17.1 Å². The lowest BCUT2D eigenvalue weighted by molar-refractivity contribution is 0.291. The summed E-state index contributed by atoms with van der Waals surface area (Å²) in [7, 11) is 1.64. The zero-order valence-electron chi connectivity index (χ0n) is 10.4. The Labute approximate surface area is 106 Å². The van der Waals surface area contributed by atoms with Crippen molar-refractivity contribution in [3.63, 3.8) is 0 Å². The average Bonchev–Trinajstić information content (AvgIpc) is 2.40. The van der Waals surface area contributed by atoms with Crippen molar-refractivity contribution >= 4 is 5.95 Å². The highest BCUT2D eigenvalue weighted by molar-refractivity contribution is 5.30. The minimum atomic E-state index is 0.213. The summed E-state index contributed by atoms with van der Waals surface area (Å²) >= 11 is 0. The Morgan fingerprint density at radius 3 is 2.61 bits per heavy atom. The molecule has 18 heavy (non-hydrogen) atoms. The molecule has 0 unspecified atom stereocenters. The smallest absolute Gasteiger partial charge is 0.223 e. The first-order valence-corrected chi connectivity index (χ1v) is 5.54. The second-order valence-corrected chi connectivity index (χ2v) is 3.85. The van der Waals surface area contributed by atoms with Crippen molar-refractivity contribution in [3.05, 3.63) is 41.6 Å². The molecule has 5 heteroatoms. The molecule has 0 aliphatic rings. The molecular weight excluding hydrogens is 230 g/mol. The molecule has 0 atom stereocenters. The number of anilines is 1. The van der Waals surface area contributed by atoms with Crippen LogP contribution in [0.5, 0.6) is 11.6 Å². The van der Waals surface area contributed by atoms with Gasteiger partial charge < -0.3 is 15.2 Å². The second-order valence-electron chi connectivity index (χ2n) is 3.85.